The van der Waals surface area contributed by atoms with E-state index in [2.05, 4.69) is 26.3 Å². The molecule has 0 radical (unpaired) electrons. The van der Waals surface area contributed by atoms with Gasteiger partial charge in [-0.15, -0.1) is 0 Å². The lowest BCUT2D eigenvalue weighted by Crippen LogP contribution is -2.28. The lowest BCUT2D eigenvalue weighted by molar-refractivity contribution is -0.117. The molecule has 20 heavy (non-hydrogen) atoms. The van der Waals surface area contributed by atoms with Crippen LogP contribution >= 0.6 is 15.9 Å². The fourth-order valence-electron chi connectivity index (χ4n) is 2.03. The van der Waals surface area contributed by atoms with E-state index in [9.17, 15) is 4.79 Å². The van der Waals surface area contributed by atoms with Crippen molar-refractivity contribution in [2.24, 2.45) is 12.8 Å². The number of nitrogens with two attached hydrogens (primary N) is 1. The number of amides is 1. The Hall–Kier alpha value is -1.66. The minimum absolute atomic E-state index is 0.259. The first-order chi connectivity index (χ1) is 9.38. The Morgan fingerprint density at radius 2 is 2.15 bits per heavy atom. The van der Waals surface area contributed by atoms with E-state index >= 15 is 0 Å². The second-order valence-electron chi connectivity index (χ2n) is 4.85. The molecule has 106 valence electrons. The van der Waals surface area contributed by atoms with Crippen molar-refractivity contribution in [1.29, 1.82) is 0 Å². The van der Waals surface area contributed by atoms with Gasteiger partial charge >= 0.3 is 0 Å². The molecule has 5 nitrogen and oxygen atoms in total. The van der Waals surface area contributed by atoms with Crippen LogP contribution in [0.15, 0.2) is 29.0 Å². The number of halogens is 1. The van der Waals surface area contributed by atoms with E-state index < -0.39 is 6.04 Å². The summed E-state index contributed by atoms with van der Waals surface area (Å²) in [6.45, 7) is 3.95. The third kappa shape index (κ3) is 3.08. The number of benzene rings is 1. The maximum Gasteiger partial charge on any atom is 0.246 e. The van der Waals surface area contributed by atoms with Gasteiger partial charge in [-0.25, -0.2) is 0 Å². The van der Waals surface area contributed by atoms with Crippen LogP contribution in [-0.2, 0) is 11.8 Å². The normalized spacial score (nSPS) is 12.2. The molecule has 1 aromatic heterocycles. The standard InChI is InChI=1S/C14H17BrN4O/c1-8-4-9(2)13(11(15)5-8)18-14(20)12(16)10-6-17-19(3)7-10/h4-7,12H,16H2,1-3H3,(H,18,20). The molecule has 0 aliphatic carbocycles. The van der Waals surface area contributed by atoms with Gasteiger partial charge < -0.3 is 11.1 Å². The molecule has 0 fully saturated rings. The fourth-order valence-corrected chi connectivity index (χ4v) is 2.80. The van der Waals surface area contributed by atoms with Crippen LogP contribution in [0.25, 0.3) is 0 Å². The lowest BCUT2D eigenvalue weighted by atomic mass is 10.1. The number of anilines is 1. The van der Waals surface area contributed by atoms with Crippen LogP contribution in [0.2, 0.25) is 0 Å². The Balaban J connectivity index is 2.20. The maximum atomic E-state index is 12.2. The molecule has 6 heteroatoms. The van der Waals surface area contributed by atoms with Crippen molar-refractivity contribution in [3.8, 4) is 0 Å². The monoisotopic (exact) mass is 336 g/mol. The summed E-state index contributed by atoms with van der Waals surface area (Å²) in [5.74, 6) is -0.259. The van der Waals surface area contributed by atoms with E-state index in [1.807, 2.05) is 26.0 Å². The predicted molar refractivity (Wildman–Crippen MR) is 82.4 cm³/mol. The number of rotatable bonds is 3. The molecule has 1 heterocycles. The molecular formula is C14H17BrN4O. The Morgan fingerprint density at radius 1 is 1.45 bits per heavy atom. The first-order valence-corrected chi connectivity index (χ1v) is 6.99. The first-order valence-electron chi connectivity index (χ1n) is 6.20. The number of nitrogens with zero attached hydrogens (tertiary/aromatic N) is 2. The Labute approximate surface area is 126 Å². The fraction of sp³-hybridized carbons (Fsp3) is 0.286. The van der Waals surface area contributed by atoms with Crippen molar-refractivity contribution in [3.05, 3.63) is 45.7 Å². The zero-order valence-electron chi connectivity index (χ0n) is 11.6. The van der Waals surface area contributed by atoms with Crippen molar-refractivity contribution < 1.29 is 4.79 Å². The van der Waals surface area contributed by atoms with Crippen molar-refractivity contribution >= 4 is 27.5 Å². The van der Waals surface area contributed by atoms with Gasteiger partial charge in [0.05, 0.1) is 11.9 Å². The van der Waals surface area contributed by atoms with E-state index in [0.717, 1.165) is 21.3 Å². The molecule has 0 saturated heterocycles. The molecule has 1 atom stereocenters. The summed E-state index contributed by atoms with van der Waals surface area (Å²) >= 11 is 3.46. The lowest BCUT2D eigenvalue weighted by Gasteiger charge is -2.14. The van der Waals surface area contributed by atoms with Crippen molar-refractivity contribution in [1.82, 2.24) is 9.78 Å². The highest BCUT2D eigenvalue weighted by Crippen LogP contribution is 2.28. The summed E-state index contributed by atoms with van der Waals surface area (Å²) in [5, 5.41) is 6.89. The van der Waals surface area contributed by atoms with E-state index in [-0.39, 0.29) is 5.91 Å². The number of nitrogens with one attached hydrogen (secondary N) is 1. The highest BCUT2D eigenvalue weighted by atomic mass is 79.9. The molecule has 2 rings (SSSR count). The average Bonchev–Trinajstić information content (AvgIpc) is 2.79. The number of aromatic nitrogens is 2. The SMILES string of the molecule is Cc1cc(C)c(NC(=O)C(N)c2cnn(C)c2)c(Br)c1. The predicted octanol–water partition coefficient (Wildman–Crippen LogP) is 2.44. The van der Waals surface area contributed by atoms with E-state index in [0.29, 0.717) is 5.56 Å². The highest BCUT2D eigenvalue weighted by molar-refractivity contribution is 9.10. The summed E-state index contributed by atoms with van der Waals surface area (Å²) in [6.07, 6.45) is 3.34. The molecule has 1 unspecified atom stereocenters. The van der Waals surface area contributed by atoms with Crippen LogP contribution in [0.5, 0.6) is 0 Å². The van der Waals surface area contributed by atoms with Gasteiger partial charge in [-0.3, -0.25) is 9.48 Å². The second kappa shape index (κ2) is 5.76. The Morgan fingerprint density at radius 3 is 2.70 bits per heavy atom. The van der Waals surface area contributed by atoms with Crippen molar-refractivity contribution in [2.45, 2.75) is 19.9 Å². The molecule has 1 amide bonds. The van der Waals surface area contributed by atoms with Crippen LogP contribution < -0.4 is 11.1 Å². The average molecular weight is 337 g/mol. The number of carbonyl (C=O) groups is 1. The Bertz CT molecular complexity index is 627. The zero-order chi connectivity index (χ0) is 14.9. The van der Waals surface area contributed by atoms with Gasteiger partial charge in [-0.1, -0.05) is 6.07 Å². The third-order valence-electron chi connectivity index (χ3n) is 3.05. The zero-order valence-corrected chi connectivity index (χ0v) is 13.2. The van der Waals surface area contributed by atoms with Gasteiger partial charge in [0.15, 0.2) is 0 Å². The molecule has 0 aliphatic heterocycles. The van der Waals surface area contributed by atoms with E-state index in [1.54, 1.807) is 24.1 Å². The summed E-state index contributed by atoms with van der Waals surface area (Å²) in [7, 11) is 1.79. The first kappa shape index (κ1) is 14.7. The molecule has 2 aromatic rings. The van der Waals surface area contributed by atoms with Gasteiger partial charge in [0.2, 0.25) is 5.91 Å². The van der Waals surface area contributed by atoms with Crippen LogP contribution in [0.4, 0.5) is 5.69 Å². The molecule has 0 saturated carbocycles. The smallest absolute Gasteiger partial charge is 0.246 e. The molecule has 0 aliphatic rings. The largest absolute Gasteiger partial charge is 0.323 e. The van der Waals surface area contributed by atoms with Crippen LogP contribution in [0, 0.1) is 13.8 Å². The summed E-state index contributed by atoms with van der Waals surface area (Å²) in [4.78, 5) is 12.2. The minimum atomic E-state index is -0.740. The number of aryl methyl sites for hydroxylation is 3. The summed E-state index contributed by atoms with van der Waals surface area (Å²) < 4.78 is 2.47. The van der Waals surface area contributed by atoms with Gasteiger partial charge in [0.25, 0.3) is 0 Å². The number of hydrogen-bond acceptors (Lipinski definition) is 3. The van der Waals surface area contributed by atoms with Crippen LogP contribution in [0.3, 0.4) is 0 Å². The van der Waals surface area contributed by atoms with E-state index in [1.165, 1.54) is 0 Å². The molecule has 3 N–H and O–H groups in total. The van der Waals surface area contributed by atoms with Gasteiger partial charge in [0.1, 0.15) is 6.04 Å². The molecule has 1 aromatic carbocycles. The van der Waals surface area contributed by atoms with Crippen LogP contribution in [0.1, 0.15) is 22.7 Å². The number of carbonyl (C=O) groups excluding carboxylic acids is 1. The summed E-state index contributed by atoms with van der Waals surface area (Å²) in [6, 6.07) is 3.23. The molecule has 0 bridgehead atoms. The topological polar surface area (TPSA) is 72.9 Å². The molecular weight excluding hydrogens is 320 g/mol. The van der Waals surface area contributed by atoms with Gasteiger partial charge in [-0.05, 0) is 47.0 Å². The van der Waals surface area contributed by atoms with Crippen molar-refractivity contribution in [2.75, 3.05) is 5.32 Å². The second-order valence-corrected chi connectivity index (χ2v) is 5.71. The van der Waals surface area contributed by atoms with Gasteiger partial charge in [0, 0.05) is 23.3 Å². The maximum absolute atomic E-state index is 12.2. The van der Waals surface area contributed by atoms with Crippen molar-refractivity contribution in [3.63, 3.8) is 0 Å². The third-order valence-corrected chi connectivity index (χ3v) is 3.67. The van der Waals surface area contributed by atoms with E-state index in [4.69, 9.17) is 5.73 Å². The number of hydrogen-bond donors (Lipinski definition) is 2. The quantitative estimate of drug-likeness (QED) is 0.904. The minimum Gasteiger partial charge on any atom is -0.323 e. The van der Waals surface area contributed by atoms with Crippen LogP contribution in [-0.4, -0.2) is 15.7 Å². The molecule has 0 spiro atoms. The van der Waals surface area contributed by atoms with Gasteiger partial charge in [-0.2, -0.15) is 5.10 Å². The Kier molecular flexibility index (Phi) is 4.25. The summed E-state index contributed by atoms with van der Waals surface area (Å²) in [5.41, 5.74) is 9.50. The highest BCUT2D eigenvalue weighted by Gasteiger charge is 2.19.